The van der Waals surface area contributed by atoms with Crippen LogP contribution in [0.15, 0.2) is 11.1 Å². The fourth-order valence-electron chi connectivity index (χ4n) is 4.23. The lowest BCUT2D eigenvalue weighted by Crippen LogP contribution is -2.54. The topological polar surface area (TPSA) is 114 Å². The van der Waals surface area contributed by atoms with Gasteiger partial charge in [-0.1, -0.05) is 0 Å². The highest BCUT2D eigenvalue weighted by Gasteiger charge is 2.52. The van der Waals surface area contributed by atoms with Crippen LogP contribution in [0.1, 0.15) is 33.6 Å². The summed E-state index contributed by atoms with van der Waals surface area (Å²) in [6.45, 7) is 6.94. The molecule has 2 fully saturated rings. The maximum Gasteiger partial charge on any atom is 0.409 e. The Morgan fingerprint density at radius 1 is 1.03 bits per heavy atom. The van der Waals surface area contributed by atoms with Crippen molar-refractivity contribution in [3.8, 4) is 0 Å². The number of carbonyl (C=O) groups is 3. The van der Waals surface area contributed by atoms with Gasteiger partial charge in [0, 0.05) is 57.7 Å². The van der Waals surface area contributed by atoms with Crippen molar-refractivity contribution in [3.63, 3.8) is 0 Å². The number of hydrogen-bond donors (Lipinski definition) is 0. The molecule has 11 heteroatoms. The quantitative estimate of drug-likeness (QED) is 0.576. The van der Waals surface area contributed by atoms with Crippen LogP contribution in [0.5, 0.6) is 0 Å². The highest BCUT2D eigenvalue weighted by molar-refractivity contribution is 7.89. The van der Waals surface area contributed by atoms with Gasteiger partial charge in [0.15, 0.2) is 0 Å². The molecule has 0 unspecified atom stereocenters. The van der Waals surface area contributed by atoms with E-state index in [9.17, 15) is 22.8 Å². The third-order valence-electron chi connectivity index (χ3n) is 6.02. The Morgan fingerprint density at radius 2 is 1.60 bits per heavy atom. The zero-order valence-corrected chi connectivity index (χ0v) is 18.5. The minimum Gasteiger partial charge on any atom is -0.450 e. The van der Waals surface area contributed by atoms with Crippen LogP contribution in [-0.2, 0) is 29.1 Å². The molecule has 2 amide bonds. The van der Waals surface area contributed by atoms with Crippen LogP contribution in [0.3, 0.4) is 0 Å². The number of nitrogens with zero attached hydrogens (tertiary/aromatic N) is 3. The molecule has 0 aromatic rings. The van der Waals surface area contributed by atoms with Crippen molar-refractivity contribution >= 4 is 28.0 Å². The van der Waals surface area contributed by atoms with E-state index in [1.165, 1.54) is 4.31 Å². The second-order valence-electron chi connectivity index (χ2n) is 7.66. The van der Waals surface area contributed by atoms with Crippen molar-refractivity contribution in [1.29, 1.82) is 0 Å². The first kappa shape index (κ1) is 22.5. The first-order valence-corrected chi connectivity index (χ1v) is 11.9. The summed E-state index contributed by atoms with van der Waals surface area (Å²) in [5.41, 5.74) is -0.485. The monoisotopic (exact) mass is 443 g/mol. The standard InChI is InChI=1S/C19H29N3O7S/c1-4-28-18(25)21-12-10-20(11-13-21)16(23)15-14(3)17(24)29-19(15)6-8-22(9-7-19)30(26,27)5-2/h4-13H2,1-3H3. The SMILES string of the molecule is CCOC(=O)N1CCN(C(=O)C2=C(C)C(=O)OC23CCN(S(=O)(=O)CC)CC3)CC1. The molecule has 3 aliphatic rings. The Kier molecular flexibility index (Phi) is 6.42. The van der Waals surface area contributed by atoms with E-state index >= 15 is 0 Å². The molecule has 168 valence electrons. The predicted molar refractivity (Wildman–Crippen MR) is 107 cm³/mol. The number of carbonyl (C=O) groups excluding carboxylic acids is 3. The van der Waals surface area contributed by atoms with E-state index in [1.54, 1.807) is 30.6 Å². The van der Waals surface area contributed by atoms with E-state index in [0.717, 1.165) is 0 Å². The Labute approximate surface area is 176 Å². The van der Waals surface area contributed by atoms with Crippen LogP contribution in [-0.4, -0.2) is 97.7 Å². The van der Waals surface area contributed by atoms with Gasteiger partial charge < -0.3 is 19.3 Å². The molecule has 0 aromatic carbocycles. The normalized spacial score (nSPS) is 22.4. The molecule has 0 atom stereocenters. The van der Waals surface area contributed by atoms with Crippen molar-refractivity contribution in [3.05, 3.63) is 11.1 Å². The van der Waals surface area contributed by atoms with Gasteiger partial charge in [0.2, 0.25) is 10.0 Å². The third kappa shape index (κ3) is 4.04. The minimum atomic E-state index is -3.34. The molecule has 3 heterocycles. The molecule has 3 aliphatic heterocycles. The summed E-state index contributed by atoms with van der Waals surface area (Å²) in [5.74, 6) is -0.811. The van der Waals surface area contributed by atoms with Gasteiger partial charge in [0.25, 0.3) is 5.91 Å². The lowest BCUT2D eigenvalue weighted by molar-refractivity contribution is -0.150. The van der Waals surface area contributed by atoms with Crippen LogP contribution in [0, 0.1) is 0 Å². The Balaban J connectivity index is 1.73. The molecular formula is C19H29N3O7S. The molecule has 10 nitrogen and oxygen atoms in total. The summed E-state index contributed by atoms with van der Waals surface area (Å²) in [6, 6.07) is 0. The fraction of sp³-hybridized carbons (Fsp3) is 0.737. The van der Waals surface area contributed by atoms with Gasteiger partial charge in [-0.25, -0.2) is 22.3 Å². The molecule has 0 aromatic heterocycles. The third-order valence-corrected chi connectivity index (χ3v) is 7.90. The summed E-state index contributed by atoms with van der Waals surface area (Å²) >= 11 is 0. The second-order valence-corrected chi connectivity index (χ2v) is 9.92. The van der Waals surface area contributed by atoms with Crippen molar-refractivity contribution in [2.75, 3.05) is 51.6 Å². The molecule has 0 radical (unpaired) electrons. The Hall–Kier alpha value is -2.14. The maximum absolute atomic E-state index is 13.3. The number of amides is 2. The molecule has 0 saturated carbocycles. The van der Waals surface area contributed by atoms with Crippen molar-refractivity contribution < 1.29 is 32.3 Å². The minimum absolute atomic E-state index is 0.00514. The van der Waals surface area contributed by atoms with Crippen LogP contribution < -0.4 is 0 Å². The number of esters is 1. The average Bonchev–Trinajstić information content (AvgIpc) is 2.97. The van der Waals surface area contributed by atoms with E-state index in [4.69, 9.17) is 9.47 Å². The number of piperazine rings is 1. The maximum atomic E-state index is 13.3. The van der Waals surface area contributed by atoms with Gasteiger partial charge >= 0.3 is 12.1 Å². The molecule has 0 N–H and O–H groups in total. The van der Waals surface area contributed by atoms with Crippen LogP contribution >= 0.6 is 0 Å². The van der Waals surface area contributed by atoms with Gasteiger partial charge in [-0.15, -0.1) is 0 Å². The van der Waals surface area contributed by atoms with E-state index in [0.29, 0.717) is 31.8 Å². The zero-order valence-electron chi connectivity index (χ0n) is 17.7. The van der Waals surface area contributed by atoms with Crippen LogP contribution in [0.4, 0.5) is 4.79 Å². The predicted octanol–water partition coefficient (Wildman–Crippen LogP) is 0.345. The Bertz CT molecular complexity index is 851. The van der Waals surface area contributed by atoms with Crippen molar-refractivity contribution in [2.45, 2.75) is 39.2 Å². The Morgan fingerprint density at radius 3 is 2.13 bits per heavy atom. The molecule has 3 rings (SSSR count). The number of piperidine rings is 1. The van der Waals surface area contributed by atoms with Gasteiger partial charge in [0.05, 0.1) is 17.9 Å². The highest BCUT2D eigenvalue weighted by atomic mass is 32.2. The molecule has 1 spiro atoms. The van der Waals surface area contributed by atoms with Crippen LogP contribution in [0.2, 0.25) is 0 Å². The molecule has 0 bridgehead atoms. The van der Waals surface area contributed by atoms with Crippen molar-refractivity contribution in [1.82, 2.24) is 14.1 Å². The largest absolute Gasteiger partial charge is 0.450 e. The lowest BCUT2D eigenvalue weighted by Gasteiger charge is -2.40. The highest BCUT2D eigenvalue weighted by Crippen LogP contribution is 2.42. The van der Waals surface area contributed by atoms with E-state index in [-0.39, 0.29) is 49.8 Å². The van der Waals surface area contributed by atoms with Crippen LogP contribution in [0.25, 0.3) is 0 Å². The van der Waals surface area contributed by atoms with E-state index in [2.05, 4.69) is 0 Å². The molecule has 0 aliphatic carbocycles. The summed E-state index contributed by atoms with van der Waals surface area (Å²) in [6.07, 6.45) is 0.0959. The molecule has 30 heavy (non-hydrogen) atoms. The summed E-state index contributed by atoms with van der Waals surface area (Å²) in [4.78, 5) is 40.7. The smallest absolute Gasteiger partial charge is 0.409 e. The van der Waals surface area contributed by atoms with E-state index < -0.39 is 27.7 Å². The first-order valence-electron chi connectivity index (χ1n) is 10.3. The zero-order chi connectivity index (χ0) is 22.1. The van der Waals surface area contributed by atoms with Gasteiger partial charge in [-0.05, 0) is 20.8 Å². The van der Waals surface area contributed by atoms with Gasteiger partial charge in [-0.3, -0.25) is 4.79 Å². The number of ether oxygens (including phenoxy) is 2. The second kappa shape index (κ2) is 8.54. The first-order chi connectivity index (χ1) is 14.1. The summed E-state index contributed by atoms with van der Waals surface area (Å²) in [5, 5.41) is 0. The fourth-order valence-corrected chi connectivity index (χ4v) is 5.33. The average molecular weight is 444 g/mol. The number of sulfonamides is 1. The number of hydrogen-bond acceptors (Lipinski definition) is 7. The van der Waals surface area contributed by atoms with Crippen molar-refractivity contribution in [2.24, 2.45) is 0 Å². The molecule has 2 saturated heterocycles. The number of rotatable bonds is 4. The van der Waals surface area contributed by atoms with Gasteiger partial charge in [-0.2, -0.15) is 0 Å². The summed E-state index contributed by atoms with van der Waals surface area (Å²) in [7, 11) is -3.34. The lowest BCUT2D eigenvalue weighted by atomic mass is 9.83. The van der Waals surface area contributed by atoms with E-state index in [1.807, 2.05) is 0 Å². The van der Waals surface area contributed by atoms with Gasteiger partial charge in [0.1, 0.15) is 5.60 Å². The summed E-state index contributed by atoms with van der Waals surface area (Å²) < 4.78 is 36.4. The molecular weight excluding hydrogens is 414 g/mol.